The molecule has 0 unspecified atom stereocenters. The fraction of sp³-hybridized carbons (Fsp3) is 0.100. The molecule has 1 heterocycles. The van der Waals surface area contributed by atoms with E-state index in [1.807, 2.05) is 0 Å². The lowest BCUT2D eigenvalue weighted by molar-refractivity contribution is -0.137. The van der Waals surface area contributed by atoms with E-state index >= 15 is 0 Å². The summed E-state index contributed by atoms with van der Waals surface area (Å²) in [5.41, 5.74) is -0.712. The first kappa shape index (κ1) is 22.2. The molecule has 2 amide bonds. The molecule has 0 aliphatic rings. The number of thioether (sulfide) groups is 1. The summed E-state index contributed by atoms with van der Waals surface area (Å²) in [5, 5.41) is 13.0. The molecular weight excluding hydrogens is 436 g/mol. The van der Waals surface area contributed by atoms with Gasteiger partial charge < -0.3 is 10.6 Å². The number of halogens is 4. The van der Waals surface area contributed by atoms with Gasteiger partial charge in [-0.3, -0.25) is 9.59 Å². The Labute approximate surface area is 178 Å². The number of carbonyl (C=O) groups is 2. The van der Waals surface area contributed by atoms with E-state index in [0.29, 0.717) is 5.03 Å². The highest BCUT2D eigenvalue weighted by Gasteiger charge is 2.30. The smallest absolute Gasteiger partial charge is 0.325 e. The minimum Gasteiger partial charge on any atom is -0.325 e. The molecule has 0 saturated heterocycles. The summed E-state index contributed by atoms with van der Waals surface area (Å²) in [7, 11) is 0. The van der Waals surface area contributed by atoms with Gasteiger partial charge in [0.15, 0.2) is 5.82 Å². The first-order chi connectivity index (χ1) is 14.7. The maximum Gasteiger partial charge on any atom is 0.416 e. The number of anilines is 2. The molecule has 31 heavy (non-hydrogen) atoms. The van der Waals surface area contributed by atoms with Gasteiger partial charge in [0.25, 0.3) is 5.91 Å². The minimum atomic E-state index is -4.45. The average Bonchev–Trinajstić information content (AvgIpc) is 2.73. The fourth-order valence-electron chi connectivity index (χ4n) is 2.37. The van der Waals surface area contributed by atoms with Crippen LogP contribution in [0.2, 0.25) is 0 Å². The molecule has 11 heteroatoms. The Morgan fingerprint density at radius 3 is 2.23 bits per heavy atom. The third-order valence-corrected chi connectivity index (χ3v) is 4.77. The largest absolute Gasteiger partial charge is 0.416 e. The number of nitrogens with zero attached hydrogens (tertiary/aromatic N) is 2. The van der Waals surface area contributed by atoms with Gasteiger partial charge in [0.05, 0.1) is 16.9 Å². The molecule has 2 aromatic carbocycles. The Balaban J connectivity index is 1.50. The number of aromatic nitrogens is 2. The second-order valence-electron chi connectivity index (χ2n) is 6.10. The molecule has 0 atom stereocenters. The molecule has 1 aromatic heterocycles. The van der Waals surface area contributed by atoms with Crippen molar-refractivity contribution in [3.05, 3.63) is 77.6 Å². The van der Waals surface area contributed by atoms with Gasteiger partial charge in [-0.25, -0.2) is 4.39 Å². The van der Waals surface area contributed by atoms with E-state index in [1.165, 1.54) is 30.3 Å². The molecule has 160 valence electrons. The first-order valence-corrected chi connectivity index (χ1v) is 9.70. The van der Waals surface area contributed by atoms with Gasteiger partial charge in [0, 0.05) is 5.69 Å². The van der Waals surface area contributed by atoms with Crippen molar-refractivity contribution in [3.63, 3.8) is 0 Å². The molecule has 3 aromatic rings. The zero-order valence-electron chi connectivity index (χ0n) is 15.6. The Bertz CT molecular complexity index is 1070. The summed E-state index contributed by atoms with van der Waals surface area (Å²) in [6.45, 7) is 0. The normalized spacial score (nSPS) is 11.1. The van der Waals surface area contributed by atoms with Crippen LogP contribution >= 0.6 is 11.8 Å². The van der Waals surface area contributed by atoms with Crippen LogP contribution in [0, 0.1) is 5.82 Å². The van der Waals surface area contributed by atoms with Crippen molar-refractivity contribution >= 4 is 35.1 Å². The summed E-state index contributed by atoms with van der Waals surface area (Å²) in [5.74, 6) is -1.74. The molecule has 0 spiro atoms. The highest BCUT2D eigenvalue weighted by atomic mass is 32.2. The van der Waals surface area contributed by atoms with Crippen LogP contribution in [0.5, 0.6) is 0 Å². The molecule has 3 rings (SSSR count). The fourth-order valence-corrected chi connectivity index (χ4v) is 2.99. The molecular formula is C20H14F4N4O2S. The van der Waals surface area contributed by atoms with Gasteiger partial charge in [-0.2, -0.15) is 13.2 Å². The van der Waals surface area contributed by atoms with Crippen LogP contribution in [0.25, 0.3) is 0 Å². The predicted octanol–water partition coefficient (Wildman–Crippen LogP) is 4.62. The molecule has 6 nitrogen and oxygen atoms in total. The lowest BCUT2D eigenvalue weighted by Crippen LogP contribution is -2.15. The van der Waals surface area contributed by atoms with Crippen LogP contribution in [-0.4, -0.2) is 27.8 Å². The van der Waals surface area contributed by atoms with Crippen molar-refractivity contribution in [1.82, 2.24) is 10.2 Å². The second-order valence-corrected chi connectivity index (χ2v) is 7.10. The molecule has 0 fully saturated rings. The van der Waals surface area contributed by atoms with Crippen LogP contribution in [0.4, 0.5) is 29.1 Å². The van der Waals surface area contributed by atoms with E-state index in [0.717, 1.165) is 42.1 Å². The lowest BCUT2D eigenvalue weighted by Gasteiger charge is -2.09. The molecule has 0 radical (unpaired) electrons. The number of nitrogens with one attached hydrogen (secondary N) is 2. The number of amides is 2. The van der Waals surface area contributed by atoms with E-state index < -0.39 is 29.4 Å². The van der Waals surface area contributed by atoms with Crippen molar-refractivity contribution in [1.29, 1.82) is 0 Å². The van der Waals surface area contributed by atoms with Gasteiger partial charge >= 0.3 is 6.18 Å². The summed E-state index contributed by atoms with van der Waals surface area (Å²) in [4.78, 5) is 24.0. The standard InChI is InChI=1S/C20H14F4N4O2S/c21-15-4-2-1-3-14(15)19(30)26-16-9-10-18(28-27-16)31-11-17(29)25-13-7-5-12(6-8-13)20(22,23)24/h1-10H,11H2,(H,25,29)(H,26,27,30). The molecule has 0 aliphatic heterocycles. The Kier molecular flexibility index (Phi) is 6.85. The Morgan fingerprint density at radius 2 is 1.61 bits per heavy atom. The minimum absolute atomic E-state index is 0.0589. The monoisotopic (exact) mass is 450 g/mol. The highest BCUT2D eigenvalue weighted by molar-refractivity contribution is 7.99. The van der Waals surface area contributed by atoms with E-state index in [4.69, 9.17) is 0 Å². The summed E-state index contributed by atoms with van der Waals surface area (Å²) in [6.07, 6.45) is -4.45. The maximum atomic E-state index is 13.6. The van der Waals surface area contributed by atoms with Crippen molar-refractivity contribution in [2.24, 2.45) is 0 Å². The van der Waals surface area contributed by atoms with E-state index in [9.17, 15) is 27.2 Å². The van der Waals surface area contributed by atoms with Gasteiger partial charge in [-0.05, 0) is 48.5 Å². The SMILES string of the molecule is O=C(CSc1ccc(NC(=O)c2ccccc2F)nn1)Nc1ccc(C(F)(F)F)cc1. The summed E-state index contributed by atoms with van der Waals surface area (Å²) >= 11 is 1.04. The Morgan fingerprint density at radius 1 is 0.903 bits per heavy atom. The second kappa shape index (κ2) is 9.56. The number of carbonyl (C=O) groups excluding carboxylic acids is 2. The van der Waals surface area contributed by atoms with Gasteiger partial charge in [-0.15, -0.1) is 10.2 Å². The third-order valence-electron chi connectivity index (χ3n) is 3.85. The van der Waals surface area contributed by atoms with E-state index in [2.05, 4.69) is 20.8 Å². The third kappa shape index (κ3) is 6.25. The molecule has 0 aliphatic carbocycles. The molecule has 2 N–H and O–H groups in total. The summed E-state index contributed by atoms with van der Waals surface area (Å²) in [6, 6.07) is 12.5. The van der Waals surface area contributed by atoms with Crippen molar-refractivity contribution < 1.29 is 27.2 Å². The first-order valence-electron chi connectivity index (χ1n) is 8.72. The van der Waals surface area contributed by atoms with Crippen LogP contribution in [0.15, 0.2) is 65.7 Å². The van der Waals surface area contributed by atoms with Gasteiger partial charge in [0.1, 0.15) is 10.8 Å². The Hall–Kier alpha value is -3.47. The molecule has 0 bridgehead atoms. The summed E-state index contributed by atoms with van der Waals surface area (Å²) < 4.78 is 51.3. The lowest BCUT2D eigenvalue weighted by atomic mass is 10.2. The number of hydrogen-bond acceptors (Lipinski definition) is 5. The number of alkyl halides is 3. The van der Waals surface area contributed by atoms with Crippen LogP contribution < -0.4 is 10.6 Å². The maximum absolute atomic E-state index is 13.6. The van der Waals surface area contributed by atoms with E-state index in [1.54, 1.807) is 0 Å². The van der Waals surface area contributed by atoms with Gasteiger partial charge in [-0.1, -0.05) is 23.9 Å². The van der Waals surface area contributed by atoms with Crippen LogP contribution in [0.1, 0.15) is 15.9 Å². The van der Waals surface area contributed by atoms with Gasteiger partial charge in [0.2, 0.25) is 5.91 Å². The quantitative estimate of drug-likeness (QED) is 0.423. The van der Waals surface area contributed by atoms with Crippen LogP contribution in [0.3, 0.4) is 0 Å². The average molecular weight is 450 g/mol. The highest BCUT2D eigenvalue weighted by Crippen LogP contribution is 2.29. The zero-order valence-corrected chi connectivity index (χ0v) is 16.4. The number of rotatable bonds is 6. The van der Waals surface area contributed by atoms with E-state index in [-0.39, 0.29) is 22.8 Å². The number of benzene rings is 2. The zero-order chi connectivity index (χ0) is 22.4. The number of hydrogen-bond donors (Lipinski definition) is 2. The van der Waals surface area contributed by atoms with Crippen molar-refractivity contribution in [2.75, 3.05) is 16.4 Å². The van der Waals surface area contributed by atoms with Crippen LogP contribution in [-0.2, 0) is 11.0 Å². The molecule has 0 saturated carbocycles. The predicted molar refractivity (Wildman–Crippen MR) is 107 cm³/mol. The van der Waals surface area contributed by atoms with Crippen molar-refractivity contribution in [3.8, 4) is 0 Å². The topological polar surface area (TPSA) is 84.0 Å². The van der Waals surface area contributed by atoms with Crippen molar-refractivity contribution in [2.45, 2.75) is 11.2 Å².